The lowest BCUT2D eigenvalue weighted by molar-refractivity contribution is 0.232. The summed E-state index contributed by atoms with van der Waals surface area (Å²) in [6.07, 6.45) is 1.14. The van der Waals surface area contributed by atoms with E-state index in [1.165, 1.54) is 11.3 Å². The molecular weight excluding hydrogens is 272 g/mol. The van der Waals surface area contributed by atoms with Crippen LogP contribution >= 0.6 is 11.3 Å². The number of nitriles is 1. The summed E-state index contributed by atoms with van der Waals surface area (Å²) < 4.78 is 5.40. The van der Waals surface area contributed by atoms with E-state index in [4.69, 9.17) is 15.7 Å². The molecule has 0 saturated carbocycles. The third-order valence-electron chi connectivity index (χ3n) is 3.97. The molecule has 1 aliphatic heterocycles. The highest BCUT2D eigenvalue weighted by Crippen LogP contribution is 2.45. The summed E-state index contributed by atoms with van der Waals surface area (Å²) in [5.74, 6) is 0.659. The fourth-order valence-electron chi connectivity index (χ4n) is 2.87. The van der Waals surface area contributed by atoms with Crippen molar-refractivity contribution in [1.82, 2.24) is 4.90 Å². The summed E-state index contributed by atoms with van der Waals surface area (Å²) in [4.78, 5) is 5.32. The molecule has 110 valence electrons. The second-order valence-electron chi connectivity index (χ2n) is 4.90. The lowest BCUT2D eigenvalue weighted by Crippen LogP contribution is -2.37. The number of thiophene rings is 1. The van der Waals surface area contributed by atoms with Gasteiger partial charge in [-0.3, -0.25) is 4.90 Å². The van der Waals surface area contributed by atoms with Crippen LogP contribution in [0.1, 0.15) is 25.1 Å². The summed E-state index contributed by atoms with van der Waals surface area (Å²) >= 11 is 1.43. The molecule has 1 unspecified atom stereocenters. The van der Waals surface area contributed by atoms with Gasteiger partial charge in [0.1, 0.15) is 21.6 Å². The largest absolute Gasteiger partial charge is 0.492 e. The minimum atomic E-state index is 0.473. The highest BCUT2D eigenvalue weighted by atomic mass is 32.1. The lowest BCUT2D eigenvalue weighted by Gasteiger charge is -2.26. The lowest BCUT2D eigenvalue weighted by atomic mass is 10.2. The van der Waals surface area contributed by atoms with Crippen LogP contribution < -0.4 is 15.4 Å². The molecule has 20 heavy (non-hydrogen) atoms. The molecule has 0 aliphatic carbocycles. The monoisotopic (exact) mass is 294 g/mol. The van der Waals surface area contributed by atoms with E-state index in [0.717, 1.165) is 37.6 Å². The predicted molar refractivity (Wildman–Crippen MR) is 83.5 cm³/mol. The molecule has 0 radical (unpaired) electrons. The van der Waals surface area contributed by atoms with Crippen LogP contribution in [0, 0.1) is 11.3 Å². The number of anilines is 2. The number of nitrogen functional groups attached to an aromatic ring is 1. The third kappa shape index (κ3) is 2.56. The van der Waals surface area contributed by atoms with Gasteiger partial charge in [0.25, 0.3) is 0 Å². The molecule has 1 atom stereocenters. The Morgan fingerprint density at radius 1 is 1.50 bits per heavy atom. The zero-order valence-corrected chi connectivity index (χ0v) is 13.2. The molecule has 2 N–H and O–H groups in total. The summed E-state index contributed by atoms with van der Waals surface area (Å²) in [6.45, 7) is 8.50. The van der Waals surface area contributed by atoms with Gasteiger partial charge in [-0.1, -0.05) is 13.8 Å². The van der Waals surface area contributed by atoms with Crippen LogP contribution in [0.5, 0.6) is 5.75 Å². The van der Waals surface area contributed by atoms with Crippen LogP contribution in [-0.2, 0) is 0 Å². The number of nitrogens with two attached hydrogens (primary N) is 1. The van der Waals surface area contributed by atoms with Crippen molar-refractivity contribution in [2.45, 2.75) is 26.3 Å². The fraction of sp³-hybridized carbons (Fsp3) is 0.643. The van der Waals surface area contributed by atoms with Crippen LogP contribution in [0.2, 0.25) is 0 Å². The molecule has 2 rings (SSSR count). The number of ether oxygens (including phenoxy) is 1. The van der Waals surface area contributed by atoms with Gasteiger partial charge < -0.3 is 15.4 Å². The molecule has 1 aromatic heterocycles. The fourth-order valence-corrected chi connectivity index (χ4v) is 3.89. The molecular formula is C14H22N4OS. The van der Waals surface area contributed by atoms with Crippen LogP contribution in [0.4, 0.5) is 10.7 Å². The van der Waals surface area contributed by atoms with Gasteiger partial charge in [-0.25, -0.2) is 0 Å². The van der Waals surface area contributed by atoms with Crippen molar-refractivity contribution in [3.8, 4) is 11.8 Å². The molecule has 5 nitrogen and oxygen atoms in total. The van der Waals surface area contributed by atoms with Crippen molar-refractivity contribution in [3.05, 3.63) is 4.88 Å². The molecule has 1 fully saturated rings. The summed E-state index contributed by atoms with van der Waals surface area (Å²) in [5, 5.41) is 10.1. The first kappa shape index (κ1) is 14.9. The molecule has 6 heteroatoms. The van der Waals surface area contributed by atoms with E-state index in [1.807, 2.05) is 0 Å². The molecule has 1 saturated heterocycles. The average molecular weight is 294 g/mol. The van der Waals surface area contributed by atoms with E-state index in [2.05, 4.69) is 29.7 Å². The summed E-state index contributed by atoms with van der Waals surface area (Å²) in [7, 11) is 1.61. The standard InChI is InChI=1S/C14H22N4OS/c1-4-17(5-2)10-6-7-18(9-10)14-13(19-3)12(16)11(8-15)20-14/h10H,4-7,9,16H2,1-3H3. The van der Waals surface area contributed by atoms with E-state index in [9.17, 15) is 0 Å². The smallest absolute Gasteiger partial charge is 0.177 e. The molecule has 0 spiro atoms. The van der Waals surface area contributed by atoms with Gasteiger partial charge in [-0.2, -0.15) is 5.26 Å². The molecule has 2 heterocycles. The minimum Gasteiger partial charge on any atom is -0.492 e. The zero-order valence-electron chi connectivity index (χ0n) is 12.3. The molecule has 1 aromatic rings. The van der Waals surface area contributed by atoms with Crippen molar-refractivity contribution < 1.29 is 4.74 Å². The number of hydrogen-bond donors (Lipinski definition) is 1. The Morgan fingerprint density at radius 2 is 2.20 bits per heavy atom. The Hall–Kier alpha value is -1.45. The Balaban J connectivity index is 2.20. The Kier molecular flexibility index (Phi) is 4.73. The highest BCUT2D eigenvalue weighted by molar-refractivity contribution is 7.17. The van der Waals surface area contributed by atoms with Crippen LogP contribution in [0.3, 0.4) is 0 Å². The first-order chi connectivity index (χ1) is 9.65. The number of rotatable bonds is 5. The Bertz CT molecular complexity index is 504. The Morgan fingerprint density at radius 3 is 2.75 bits per heavy atom. The minimum absolute atomic E-state index is 0.473. The van der Waals surface area contributed by atoms with Crippen LogP contribution in [-0.4, -0.2) is 44.2 Å². The van der Waals surface area contributed by atoms with Crippen molar-refractivity contribution in [3.63, 3.8) is 0 Å². The van der Waals surface area contributed by atoms with Crippen molar-refractivity contribution in [1.29, 1.82) is 5.26 Å². The number of likely N-dealkylation sites (N-methyl/N-ethyl adjacent to an activating group) is 1. The van der Waals surface area contributed by atoms with Gasteiger partial charge >= 0.3 is 0 Å². The zero-order chi connectivity index (χ0) is 14.7. The maximum Gasteiger partial charge on any atom is 0.177 e. The highest BCUT2D eigenvalue weighted by Gasteiger charge is 2.30. The maximum absolute atomic E-state index is 9.11. The first-order valence-corrected chi connectivity index (χ1v) is 7.83. The van der Waals surface area contributed by atoms with Crippen LogP contribution in [0.25, 0.3) is 0 Å². The average Bonchev–Trinajstić information content (AvgIpc) is 3.04. The molecule has 0 bridgehead atoms. The van der Waals surface area contributed by atoms with E-state index in [0.29, 0.717) is 22.4 Å². The predicted octanol–water partition coefficient (Wildman–Crippen LogP) is 2.13. The second-order valence-corrected chi connectivity index (χ2v) is 5.90. The topological polar surface area (TPSA) is 65.5 Å². The summed E-state index contributed by atoms with van der Waals surface area (Å²) in [6, 6.07) is 2.72. The third-order valence-corrected chi connectivity index (χ3v) is 5.12. The van der Waals surface area contributed by atoms with Gasteiger partial charge in [0.15, 0.2) is 5.75 Å². The van der Waals surface area contributed by atoms with Gasteiger partial charge in [0.2, 0.25) is 0 Å². The summed E-state index contributed by atoms with van der Waals surface area (Å²) in [5.41, 5.74) is 6.44. The van der Waals surface area contributed by atoms with E-state index in [-0.39, 0.29) is 0 Å². The normalized spacial score (nSPS) is 18.6. The maximum atomic E-state index is 9.11. The van der Waals surface area contributed by atoms with Gasteiger partial charge in [0.05, 0.1) is 7.11 Å². The second kappa shape index (κ2) is 6.33. The SMILES string of the molecule is CCN(CC)C1CCN(c2sc(C#N)c(N)c2OC)C1. The quantitative estimate of drug-likeness (QED) is 0.901. The van der Waals surface area contributed by atoms with Crippen LogP contribution in [0.15, 0.2) is 0 Å². The van der Waals surface area contributed by atoms with Gasteiger partial charge in [0, 0.05) is 19.1 Å². The molecule has 1 aliphatic rings. The number of methoxy groups -OCH3 is 1. The van der Waals surface area contributed by atoms with E-state index in [1.54, 1.807) is 7.11 Å². The van der Waals surface area contributed by atoms with Gasteiger partial charge in [-0.05, 0) is 19.5 Å². The van der Waals surface area contributed by atoms with E-state index < -0.39 is 0 Å². The first-order valence-electron chi connectivity index (χ1n) is 7.01. The number of hydrogen-bond acceptors (Lipinski definition) is 6. The van der Waals surface area contributed by atoms with E-state index >= 15 is 0 Å². The molecule has 0 amide bonds. The van der Waals surface area contributed by atoms with Crippen molar-refractivity contribution in [2.75, 3.05) is 43.9 Å². The van der Waals surface area contributed by atoms with Gasteiger partial charge in [-0.15, -0.1) is 11.3 Å². The van der Waals surface area contributed by atoms with Crippen molar-refractivity contribution in [2.24, 2.45) is 0 Å². The molecule has 0 aromatic carbocycles. The van der Waals surface area contributed by atoms with Crippen molar-refractivity contribution >= 4 is 22.0 Å². The Labute approximate surface area is 124 Å². The number of nitrogens with zero attached hydrogens (tertiary/aromatic N) is 3.